The molecule has 28 heavy (non-hydrogen) atoms. The quantitative estimate of drug-likeness (QED) is 0.636. The molecule has 0 aliphatic rings. The summed E-state index contributed by atoms with van der Waals surface area (Å²) < 4.78 is 37.1. The highest BCUT2D eigenvalue weighted by Gasteiger charge is 2.27. The highest BCUT2D eigenvalue weighted by atomic mass is 32.2. The molecule has 0 aliphatic carbocycles. The van der Waals surface area contributed by atoms with Crippen molar-refractivity contribution in [2.45, 2.75) is 30.7 Å². The Hall–Kier alpha value is -3.01. The van der Waals surface area contributed by atoms with Gasteiger partial charge >= 0.3 is 6.03 Å². The van der Waals surface area contributed by atoms with Crippen molar-refractivity contribution in [1.29, 1.82) is 0 Å². The van der Waals surface area contributed by atoms with Crippen LogP contribution in [0.2, 0.25) is 0 Å². The average Bonchev–Trinajstić information content (AvgIpc) is 3.16. The van der Waals surface area contributed by atoms with Gasteiger partial charge in [0, 0.05) is 7.05 Å². The smallest absolute Gasteiger partial charge is 0.328 e. The fourth-order valence-corrected chi connectivity index (χ4v) is 3.72. The third-order valence-corrected chi connectivity index (χ3v) is 5.28. The van der Waals surface area contributed by atoms with E-state index < -0.39 is 21.6 Å². The van der Waals surface area contributed by atoms with E-state index in [1.54, 1.807) is 32.0 Å². The zero-order valence-corrected chi connectivity index (χ0v) is 16.8. The molecule has 1 aromatic heterocycles. The molecular formula is C18H23N3O6S. The molecule has 152 valence electrons. The summed E-state index contributed by atoms with van der Waals surface area (Å²) in [5.74, 6) is 0.319. The van der Waals surface area contributed by atoms with Gasteiger partial charge in [0.2, 0.25) is 5.91 Å². The second-order valence-electron chi connectivity index (χ2n) is 6.50. The Balaban J connectivity index is 2.23. The van der Waals surface area contributed by atoms with E-state index >= 15 is 0 Å². The highest BCUT2D eigenvalue weighted by Crippen LogP contribution is 2.25. The number of amides is 3. The molecular weight excluding hydrogens is 386 g/mol. The number of nitrogens with one attached hydrogen (secondary N) is 3. The number of furan rings is 1. The Labute approximate surface area is 163 Å². The van der Waals surface area contributed by atoms with Gasteiger partial charge in [-0.2, -0.15) is 0 Å². The van der Waals surface area contributed by atoms with Crippen LogP contribution in [0.4, 0.5) is 4.79 Å². The summed E-state index contributed by atoms with van der Waals surface area (Å²) in [6.45, 7) is 3.59. The third-order valence-electron chi connectivity index (χ3n) is 3.93. The lowest BCUT2D eigenvalue weighted by molar-refractivity contribution is -0.122. The maximum atomic E-state index is 12.4. The fraction of sp³-hybridized carbons (Fsp3) is 0.333. The number of urea groups is 1. The molecule has 1 aromatic carbocycles. The van der Waals surface area contributed by atoms with E-state index in [9.17, 15) is 18.0 Å². The molecule has 0 saturated carbocycles. The lowest BCUT2D eigenvalue weighted by Gasteiger charge is -2.24. The van der Waals surface area contributed by atoms with E-state index in [0.29, 0.717) is 11.3 Å². The second kappa shape index (κ2) is 8.34. The number of hydrogen-bond donors (Lipinski definition) is 3. The molecule has 0 unspecified atom stereocenters. The molecule has 0 saturated heterocycles. The minimum atomic E-state index is -4.18. The molecule has 0 fully saturated rings. The average molecular weight is 409 g/mol. The summed E-state index contributed by atoms with van der Waals surface area (Å²) >= 11 is 0. The molecule has 1 heterocycles. The van der Waals surface area contributed by atoms with E-state index in [0.717, 1.165) is 0 Å². The maximum absolute atomic E-state index is 12.4. The first-order valence-corrected chi connectivity index (χ1v) is 9.84. The first-order valence-electron chi connectivity index (χ1n) is 8.35. The van der Waals surface area contributed by atoms with Gasteiger partial charge in [-0.05, 0) is 43.7 Å². The first-order chi connectivity index (χ1) is 13.1. The van der Waals surface area contributed by atoms with E-state index in [2.05, 4.69) is 10.6 Å². The Morgan fingerprint density at radius 1 is 1.21 bits per heavy atom. The third kappa shape index (κ3) is 5.03. The van der Waals surface area contributed by atoms with Gasteiger partial charge in [0.25, 0.3) is 10.0 Å². The van der Waals surface area contributed by atoms with Gasteiger partial charge in [0.1, 0.15) is 16.4 Å². The molecule has 10 heteroatoms. The van der Waals surface area contributed by atoms with Gasteiger partial charge in [-0.3, -0.25) is 4.79 Å². The SMILES string of the molecule is CNC(=O)NS(=O)(=O)c1cc(CC(=O)NC(C)(C)c2ccco2)ccc1OC. The standard InChI is InChI=1S/C18H23N3O6S/c1-18(2,15-6-5-9-27-15)20-16(22)11-12-7-8-13(26-4)14(10-12)28(24,25)21-17(23)19-3/h5-10H,11H2,1-4H3,(H,20,22)(H2,19,21,23). The number of ether oxygens (including phenoxy) is 1. The van der Waals surface area contributed by atoms with Crippen molar-refractivity contribution in [2.75, 3.05) is 14.2 Å². The summed E-state index contributed by atoms with van der Waals surface area (Å²) in [5.41, 5.74) is -0.297. The van der Waals surface area contributed by atoms with Gasteiger partial charge < -0.3 is 19.8 Å². The summed E-state index contributed by atoms with van der Waals surface area (Å²) in [5, 5.41) is 5.01. The van der Waals surface area contributed by atoms with Gasteiger partial charge in [-0.15, -0.1) is 0 Å². The maximum Gasteiger partial charge on any atom is 0.328 e. The summed E-state index contributed by atoms with van der Waals surface area (Å²) in [6.07, 6.45) is 1.44. The van der Waals surface area contributed by atoms with Crippen molar-refractivity contribution in [2.24, 2.45) is 0 Å². The normalized spacial score (nSPS) is 11.6. The Bertz CT molecular complexity index is 952. The predicted octanol–water partition coefficient (Wildman–Crippen LogP) is 1.50. The number of hydrogen-bond acceptors (Lipinski definition) is 6. The van der Waals surface area contributed by atoms with E-state index in [4.69, 9.17) is 9.15 Å². The van der Waals surface area contributed by atoms with Crippen molar-refractivity contribution in [3.8, 4) is 5.75 Å². The zero-order chi connectivity index (χ0) is 20.9. The number of sulfonamides is 1. The molecule has 0 spiro atoms. The Morgan fingerprint density at radius 2 is 1.93 bits per heavy atom. The molecule has 0 aliphatic heterocycles. The van der Waals surface area contributed by atoms with Crippen molar-refractivity contribution in [1.82, 2.24) is 15.4 Å². The number of methoxy groups -OCH3 is 1. The number of benzene rings is 1. The van der Waals surface area contributed by atoms with E-state index in [1.807, 2.05) is 4.72 Å². The number of carbonyl (C=O) groups excluding carboxylic acids is 2. The van der Waals surface area contributed by atoms with Crippen molar-refractivity contribution >= 4 is 22.0 Å². The van der Waals surface area contributed by atoms with E-state index in [1.165, 1.54) is 32.6 Å². The molecule has 0 atom stereocenters. The molecule has 2 rings (SSSR count). The Morgan fingerprint density at radius 3 is 2.50 bits per heavy atom. The largest absolute Gasteiger partial charge is 0.495 e. The van der Waals surface area contributed by atoms with Gasteiger partial charge in [-0.1, -0.05) is 6.07 Å². The van der Waals surface area contributed by atoms with Crippen LogP contribution in [0.3, 0.4) is 0 Å². The van der Waals surface area contributed by atoms with Gasteiger partial charge in [0.05, 0.1) is 25.3 Å². The molecule has 3 N–H and O–H groups in total. The second-order valence-corrected chi connectivity index (χ2v) is 8.15. The van der Waals surface area contributed by atoms with Crippen LogP contribution in [-0.2, 0) is 26.8 Å². The number of rotatable bonds is 7. The van der Waals surface area contributed by atoms with Gasteiger partial charge in [0.15, 0.2) is 0 Å². The monoisotopic (exact) mass is 409 g/mol. The van der Waals surface area contributed by atoms with Crippen molar-refractivity contribution in [3.63, 3.8) is 0 Å². The molecule has 0 radical (unpaired) electrons. The van der Waals surface area contributed by atoms with Crippen LogP contribution in [0, 0.1) is 0 Å². The summed E-state index contributed by atoms with van der Waals surface area (Å²) in [4.78, 5) is 23.6. The van der Waals surface area contributed by atoms with Crippen molar-refractivity contribution < 1.29 is 27.2 Å². The molecule has 2 aromatic rings. The van der Waals surface area contributed by atoms with Crippen molar-refractivity contribution in [3.05, 3.63) is 47.9 Å². The molecule has 0 bridgehead atoms. The van der Waals surface area contributed by atoms with Gasteiger partial charge in [-0.25, -0.2) is 17.9 Å². The lowest BCUT2D eigenvalue weighted by atomic mass is 10.0. The Kier molecular flexibility index (Phi) is 6.34. The van der Waals surface area contributed by atoms with Crippen LogP contribution in [0.5, 0.6) is 5.75 Å². The van der Waals surface area contributed by atoms with Crippen LogP contribution < -0.4 is 20.1 Å². The zero-order valence-electron chi connectivity index (χ0n) is 16.0. The van der Waals surface area contributed by atoms with Crippen LogP contribution >= 0.6 is 0 Å². The van der Waals surface area contributed by atoms with E-state index in [-0.39, 0.29) is 23.0 Å². The first kappa shape index (κ1) is 21.3. The van der Waals surface area contributed by atoms with Crippen LogP contribution in [0.1, 0.15) is 25.2 Å². The van der Waals surface area contributed by atoms with Crippen LogP contribution in [-0.4, -0.2) is 34.5 Å². The highest BCUT2D eigenvalue weighted by molar-refractivity contribution is 7.90. The van der Waals surface area contributed by atoms with Crippen LogP contribution in [0.15, 0.2) is 45.9 Å². The number of carbonyl (C=O) groups is 2. The summed E-state index contributed by atoms with van der Waals surface area (Å²) in [7, 11) is -1.57. The molecule has 9 nitrogen and oxygen atoms in total. The minimum Gasteiger partial charge on any atom is -0.495 e. The predicted molar refractivity (Wildman–Crippen MR) is 101 cm³/mol. The van der Waals surface area contributed by atoms with Crippen LogP contribution in [0.25, 0.3) is 0 Å². The fourth-order valence-electron chi connectivity index (χ4n) is 2.54. The summed E-state index contributed by atoms with van der Waals surface area (Å²) in [6, 6.07) is 6.90. The lowest BCUT2D eigenvalue weighted by Crippen LogP contribution is -2.41. The topological polar surface area (TPSA) is 127 Å². The minimum absolute atomic E-state index is 0.0523. The molecule has 3 amide bonds.